The minimum atomic E-state index is -3.90. The number of sulfonamides is 2. The van der Waals surface area contributed by atoms with Gasteiger partial charge in [0.15, 0.2) is 11.5 Å². The number of methoxy groups -OCH3 is 2. The van der Waals surface area contributed by atoms with Crippen molar-refractivity contribution in [3.05, 3.63) is 42.0 Å². The molecule has 1 heterocycles. The average molecular weight is 427 g/mol. The van der Waals surface area contributed by atoms with Crippen LogP contribution in [0, 0.1) is 0 Å². The van der Waals surface area contributed by atoms with Crippen LogP contribution in [-0.2, 0) is 26.5 Å². The molecule has 0 spiro atoms. The van der Waals surface area contributed by atoms with Gasteiger partial charge in [0.05, 0.1) is 36.7 Å². The van der Waals surface area contributed by atoms with Gasteiger partial charge in [0.1, 0.15) is 0 Å². The maximum atomic E-state index is 12.8. The van der Waals surface area contributed by atoms with E-state index in [0.29, 0.717) is 23.7 Å². The molecule has 0 saturated heterocycles. The summed E-state index contributed by atoms with van der Waals surface area (Å²) in [5, 5.41) is 0. The molecule has 8 nitrogen and oxygen atoms in total. The third-order valence-corrected chi connectivity index (χ3v) is 7.04. The normalized spacial score (nSPS) is 14.3. The molecule has 1 aliphatic rings. The summed E-state index contributed by atoms with van der Waals surface area (Å²) in [5.41, 5.74) is 1.65. The number of ether oxygens (including phenoxy) is 2. The van der Waals surface area contributed by atoms with Gasteiger partial charge in [0, 0.05) is 12.6 Å². The Bertz CT molecular complexity index is 1100. The number of rotatable bonds is 6. The van der Waals surface area contributed by atoms with Crippen molar-refractivity contribution in [1.29, 1.82) is 0 Å². The van der Waals surface area contributed by atoms with E-state index in [1.807, 2.05) is 0 Å². The molecule has 2 aromatic carbocycles. The number of nitrogens with one attached hydrogen (secondary N) is 1. The van der Waals surface area contributed by atoms with E-state index >= 15 is 0 Å². The zero-order valence-corrected chi connectivity index (χ0v) is 17.4. The lowest BCUT2D eigenvalue weighted by atomic mass is 10.0. The predicted octanol–water partition coefficient (Wildman–Crippen LogP) is 2.22. The van der Waals surface area contributed by atoms with Crippen molar-refractivity contribution in [1.82, 2.24) is 0 Å². The fraction of sp³-hybridized carbons (Fsp3) is 0.333. The summed E-state index contributed by atoms with van der Waals surface area (Å²) < 4.78 is 63.8. The smallest absolute Gasteiger partial charge is 0.262 e. The van der Waals surface area contributed by atoms with Crippen LogP contribution >= 0.6 is 0 Å². The molecule has 0 amide bonds. The largest absolute Gasteiger partial charge is 0.493 e. The molecule has 0 aliphatic carbocycles. The zero-order chi connectivity index (χ0) is 20.5. The molecule has 1 N–H and O–H groups in total. The standard InChI is InChI=1S/C18H22N2O6S2/c1-25-17-9-8-15(12-18(17)26-2)28(23,24)19-14-7-6-13-5-4-10-20(16(13)11-14)27(3,21)22/h6-9,11-12,19H,4-5,10H2,1-3H3. The summed E-state index contributed by atoms with van der Waals surface area (Å²) in [4.78, 5) is 0.00263. The second-order valence-corrected chi connectivity index (χ2v) is 9.99. The Morgan fingerprint density at radius 1 is 0.964 bits per heavy atom. The maximum absolute atomic E-state index is 12.8. The molecule has 0 radical (unpaired) electrons. The maximum Gasteiger partial charge on any atom is 0.262 e. The van der Waals surface area contributed by atoms with Crippen molar-refractivity contribution in [2.24, 2.45) is 0 Å². The number of fused-ring (bicyclic) bond motifs is 1. The van der Waals surface area contributed by atoms with E-state index < -0.39 is 20.0 Å². The molecule has 3 rings (SSSR count). The monoisotopic (exact) mass is 426 g/mol. The summed E-state index contributed by atoms with van der Waals surface area (Å²) in [7, 11) is -4.46. The summed E-state index contributed by atoms with van der Waals surface area (Å²) >= 11 is 0. The van der Waals surface area contributed by atoms with Gasteiger partial charge in [-0.3, -0.25) is 9.03 Å². The molecule has 0 saturated carbocycles. The van der Waals surface area contributed by atoms with E-state index in [0.717, 1.165) is 24.7 Å². The number of aryl methyl sites for hydroxylation is 1. The van der Waals surface area contributed by atoms with E-state index in [2.05, 4.69) is 4.72 Å². The number of nitrogens with zero attached hydrogens (tertiary/aromatic N) is 1. The Morgan fingerprint density at radius 2 is 1.68 bits per heavy atom. The van der Waals surface area contributed by atoms with Crippen molar-refractivity contribution < 1.29 is 26.3 Å². The molecule has 28 heavy (non-hydrogen) atoms. The van der Waals surface area contributed by atoms with Gasteiger partial charge in [-0.1, -0.05) is 6.07 Å². The average Bonchev–Trinajstić information content (AvgIpc) is 2.65. The highest BCUT2D eigenvalue weighted by atomic mass is 32.2. The molecule has 2 aromatic rings. The molecule has 152 valence electrons. The lowest BCUT2D eigenvalue weighted by molar-refractivity contribution is 0.354. The second-order valence-electron chi connectivity index (χ2n) is 6.40. The van der Waals surface area contributed by atoms with Gasteiger partial charge in [0.25, 0.3) is 10.0 Å². The highest BCUT2D eigenvalue weighted by molar-refractivity contribution is 7.92. The fourth-order valence-electron chi connectivity index (χ4n) is 3.15. The second kappa shape index (κ2) is 7.51. The molecule has 0 unspecified atom stereocenters. The van der Waals surface area contributed by atoms with Gasteiger partial charge in [0.2, 0.25) is 10.0 Å². The molecular formula is C18H22N2O6S2. The third-order valence-electron chi connectivity index (χ3n) is 4.48. The molecule has 0 fully saturated rings. The first kappa shape index (κ1) is 20.3. The third kappa shape index (κ3) is 4.02. The minimum absolute atomic E-state index is 0.00263. The highest BCUT2D eigenvalue weighted by Crippen LogP contribution is 2.33. The number of hydrogen-bond acceptors (Lipinski definition) is 6. The molecule has 0 bridgehead atoms. The molecule has 1 aliphatic heterocycles. The van der Waals surface area contributed by atoms with Crippen molar-refractivity contribution >= 4 is 31.4 Å². The van der Waals surface area contributed by atoms with E-state index in [-0.39, 0.29) is 10.6 Å². The Morgan fingerprint density at radius 3 is 2.32 bits per heavy atom. The minimum Gasteiger partial charge on any atom is -0.493 e. The Labute approximate surface area is 165 Å². The molecule has 10 heteroatoms. The van der Waals surface area contributed by atoms with Gasteiger partial charge >= 0.3 is 0 Å². The molecular weight excluding hydrogens is 404 g/mol. The van der Waals surface area contributed by atoms with Crippen LogP contribution in [0.5, 0.6) is 11.5 Å². The van der Waals surface area contributed by atoms with Gasteiger partial charge in [-0.05, 0) is 42.7 Å². The van der Waals surface area contributed by atoms with Crippen LogP contribution in [0.25, 0.3) is 0 Å². The Balaban J connectivity index is 1.96. The first-order valence-electron chi connectivity index (χ1n) is 8.51. The summed E-state index contributed by atoms with van der Waals surface area (Å²) in [6, 6.07) is 9.20. The van der Waals surface area contributed by atoms with Crippen molar-refractivity contribution in [2.75, 3.05) is 36.0 Å². The lowest BCUT2D eigenvalue weighted by Crippen LogP contribution is -2.34. The first-order valence-corrected chi connectivity index (χ1v) is 11.8. The van der Waals surface area contributed by atoms with Gasteiger partial charge in [-0.25, -0.2) is 16.8 Å². The van der Waals surface area contributed by atoms with Gasteiger partial charge < -0.3 is 9.47 Å². The van der Waals surface area contributed by atoms with Crippen LogP contribution in [-0.4, -0.2) is 43.9 Å². The van der Waals surface area contributed by atoms with Gasteiger partial charge in [-0.15, -0.1) is 0 Å². The Hall–Kier alpha value is -2.46. The lowest BCUT2D eigenvalue weighted by Gasteiger charge is -2.29. The zero-order valence-electron chi connectivity index (χ0n) is 15.8. The van der Waals surface area contributed by atoms with Crippen molar-refractivity contribution in [2.45, 2.75) is 17.7 Å². The predicted molar refractivity (Wildman–Crippen MR) is 107 cm³/mol. The summed E-state index contributed by atoms with van der Waals surface area (Å²) in [6.45, 7) is 0.373. The highest BCUT2D eigenvalue weighted by Gasteiger charge is 2.25. The van der Waals surface area contributed by atoms with Crippen LogP contribution in [0.2, 0.25) is 0 Å². The first-order chi connectivity index (χ1) is 13.2. The SMILES string of the molecule is COc1ccc(S(=O)(=O)Nc2ccc3c(c2)N(S(C)(=O)=O)CCC3)cc1OC. The molecule has 0 aromatic heterocycles. The van der Waals surface area contributed by atoms with Gasteiger partial charge in [-0.2, -0.15) is 0 Å². The van der Waals surface area contributed by atoms with Crippen molar-refractivity contribution in [3.8, 4) is 11.5 Å². The molecule has 0 atom stereocenters. The van der Waals surface area contributed by atoms with E-state index in [4.69, 9.17) is 9.47 Å². The number of anilines is 2. The van der Waals surface area contributed by atoms with Crippen molar-refractivity contribution in [3.63, 3.8) is 0 Å². The van der Waals surface area contributed by atoms with Crippen LogP contribution in [0.3, 0.4) is 0 Å². The van der Waals surface area contributed by atoms with Crippen LogP contribution in [0.4, 0.5) is 11.4 Å². The van der Waals surface area contributed by atoms with Crippen LogP contribution in [0.1, 0.15) is 12.0 Å². The fourth-order valence-corrected chi connectivity index (χ4v) is 5.20. The summed E-state index contributed by atoms with van der Waals surface area (Å²) in [6.07, 6.45) is 2.60. The van der Waals surface area contributed by atoms with E-state index in [1.165, 1.54) is 36.7 Å². The van der Waals surface area contributed by atoms with Crippen LogP contribution in [0.15, 0.2) is 41.3 Å². The number of hydrogen-bond donors (Lipinski definition) is 1. The van der Waals surface area contributed by atoms with E-state index in [1.54, 1.807) is 18.2 Å². The quantitative estimate of drug-likeness (QED) is 0.760. The number of benzene rings is 2. The summed E-state index contributed by atoms with van der Waals surface area (Å²) in [5.74, 6) is 0.707. The van der Waals surface area contributed by atoms with E-state index in [9.17, 15) is 16.8 Å². The Kier molecular flexibility index (Phi) is 5.44. The van der Waals surface area contributed by atoms with Crippen LogP contribution < -0.4 is 18.5 Å². The topological polar surface area (TPSA) is 102 Å².